The van der Waals surface area contributed by atoms with Crippen LogP contribution in [0.1, 0.15) is 42.4 Å². The molecule has 1 aliphatic rings. The van der Waals surface area contributed by atoms with E-state index >= 15 is 0 Å². The number of carbonyl (C=O) groups is 3. The minimum absolute atomic E-state index is 0.0149. The molecule has 0 spiro atoms. The van der Waals surface area contributed by atoms with E-state index in [-0.39, 0.29) is 30.5 Å². The number of hydrogen-bond acceptors (Lipinski definition) is 4. The molecule has 5 N–H and O–H groups in total. The number of carboxylic acids is 1. The van der Waals surface area contributed by atoms with Crippen molar-refractivity contribution >= 4 is 23.6 Å². The summed E-state index contributed by atoms with van der Waals surface area (Å²) in [5, 5.41) is 19.4. The number of rotatable bonds is 11. The molecule has 2 aromatic carbocycles. The number of aryl methyl sites for hydroxylation is 1. The molecule has 1 saturated heterocycles. The number of nitrogens with zero attached hydrogens (tertiary/aromatic N) is 1. The summed E-state index contributed by atoms with van der Waals surface area (Å²) < 4.78 is 0. The van der Waals surface area contributed by atoms with Gasteiger partial charge in [-0.2, -0.15) is 0 Å². The van der Waals surface area contributed by atoms with Crippen LogP contribution in [-0.2, 0) is 27.3 Å². The van der Waals surface area contributed by atoms with E-state index in [1.807, 2.05) is 30.3 Å². The van der Waals surface area contributed by atoms with Crippen LogP contribution in [0, 0.1) is 11.3 Å². The van der Waals surface area contributed by atoms with Gasteiger partial charge in [0.25, 0.3) is 0 Å². The molecule has 0 radical (unpaired) electrons. The summed E-state index contributed by atoms with van der Waals surface area (Å²) in [4.78, 5) is 38.5. The number of amides is 2. The number of hydrogen-bond donors (Lipinski definition) is 4. The molecular formula is C25H30N4O4. The van der Waals surface area contributed by atoms with Crippen molar-refractivity contribution in [2.45, 2.75) is 44.7 Å². The predicted octanol–water partition coefficient (Wildman–Crippen LogP) is 2.30. The zero-order valence-electron chi connectivity index (χ0n) is 18.5. The molecule has 0 bridgehead atoms. The average molecular weight is 451 g/mol. The van der Waals surface area contributed by atoms with Gasteiger partial charge in [-0.25, -0.2) is 0 Å². The van der Waals surface area contributed by atoms with Crippen LogP contribution < -0.4 is 11.1 Å². The Bertz CT molecular complexity index is 991. The standard InChI is InChI=1S/C25H30N4O4/c26-23(27)19-9-7-18(8-10-19)16-28-24(32)21-14-15-29(21)25(33)20(12-13-22(30)31)11-6-17-4-2-1-3-5-17/h1-5,7-10,20-21H,6,11-16H2,(H3,26,27)(H,28,32)(H,30,31)/t20-,21-/m0/s1. The number of likely N-dealkylation sites (tertiary alicyclic amines) is 1. The largest absolute Gasteiger partial charge is 0.481 e. The van der Waals surface area contributed by atoms with Crippen LogP contribution in [0.25, 0.3) is 0 Å². The van der Waals surface area contributed by atoms with Gasteiger partial charge < -0.3 is 21.1 Å². The highest BCUT2D eigenvalue weighted by atomic mass is 16.4. The molecule has 0 aliphatic carbocycles. The second-order valence-electron chi connectivity index (χ2n) is 8.32. The minimum Gasteiger partial charge on any atom is -0.481 e. The monoisotopic (exact) mass is 450 g/mol. The number of nitrogens with one attached hydrogen (secondary N) is 2. The van der Waals surface area contributed by atoms with Crippen molar-refractivity contribution in [2.75, 3.05) is 6.54 Å². The molecule has 1 heterocycles. The summed E-state index contributed by atoms with van der Waals surface area (Å²) in [7, 11) is 0. The van der Waals surface area contributed by atoms with Crippen molar-refractivity contribution in [1.82, 2.24) is 10.2 Å². The summed E-state index contributed by atoms with van der Waals surface area (Å²) in [6.45, 7) is 0.811. The van der Waals surface area contributed by atoms with Crippen LogP contribution >= 0.6 is 0 Å². The van der Waals surface area contributed by atoms with Crippen LogP contribution in [0.4, 0.5) is 0 Å². The Hall–Kier alpha value is -3.68. The Morgan fingerprint density at radius 1 is 1.06 bits per heavy atom. The number of carboxylic acid groups (broad SMARTS) is 1. The smallest absolute Gasteiger partial charge is 0.303 e. The Balaban J connectivity index is 1.57. The molecule has 3 rings (SSSR count). The summed E-state index contributed by atoms with van der Waals surface area (Å²) in [5.41, 5.74) is 8.03. The van der Waals surface area contributed by atoms with Crippen molar-refractivity contribution in [1.29, 1.82) is 5.41 Å². The van der Waals surface area contributed by atoms with Gasteiger partial charge in [-0.1, -0.05) is 54.6 Å². The lowest BCUT2D eigenvalue weighted by Gasteiger charge is -2.41. The fourth-order valence-electron chi connectivity index (χ4n) is 3.94. The third kappa shape index (κ3) is 6.65. The zero-order valence-corrected chi connectivity index (χ0v) is 18.5. The summed E-state index contributed by atoms with van der Waals surface area (Å²) >= 11 is 0. The second-order valence-corrected chi connectivity index (χ2v) is 8.32. The molecule has 8 nitrogen and oxygen atoms in total. The number of nitrogens with two attached hydrogens (primary N) is 1. The van der Waals surface area contributed by atoms with E-state index in [0.29, 0.717) is 37.9 Å². The first-order chi connectivity index (χ1) is 15.8. The van der Waals surface area contributed by atoms with Gasteiger partial charge in [0, 0.05) is 31.0 Å². The highest BCUT2D eigenvalue weighted by Gasteiger charge is 2.39. The Morgan fingerprint density at radius 2 is 1.76 bits per heavy atom. The van der Waals surface area contributed by atoms with Crippen molar-refractivity contribution in [3.63, 3.8) is 0 Å². The lowest BCUT2D eigenvalue weighted by atomic mass is 9.90. The van der Waals surface area contributed by atoms with Gasteiger partial charge in [-0.15, -0.1) is 0 Å². The number of carbonyl (C=O) groups excluding carboxylic acids is 2. The fraction of sp³-hybridized carbons (Fsp3) is 0.360. The Labute approximate surface area is 193 Å². The molecule has 2 amide bonds. The molecular weight excluding hydrogens is 420 g/mol. The van der Waals surface area contributed by atoms with Crippen molar-refractivity contribution in [3.05, 3.63) is 71.3 Å². The van der Waals surface area contributed by atoms with Gasteiger partial charge in [0.05, 0.1) is 0 Å². The third-order valence-corrected chi connectivity index (χ3v) is 6.02. The maximum absolute atomic E-state index is 13.2. The highest BCUT2D eigenvalue weighted by Crippen LogP contribution is 2.25. The highest BCUT2D eigenvalue weighted by molar-refractivity contribution is 5.95. The number of benzene rings is 2. The van der Waals surface area contributed by atoms with Gasteiger partial charge in [-0.3, -0.25) is 19.8 Å². The van der Waals surface area contributed by atoms with E-state index < -0.39 is 17.9 Å². The molecule has 1 aliphatic heterocycles. The van der Waals surface area contributed by atoms with Crippen LogP contribution in [-0.4, -0.2) is 46.2 Å². The van der Waals surface area contributed by atoms with Crippen LogP contribution in [0.3, 0.4) is 0 Å². The van der Waals surface area contributed by atoms with E-state index in [9.17, 15) is 14.4 Å². The van der Waals surface area contributed by atoms with Crippen molar-refractivity contribution in [3.8, 4) is 0 Å². The topological polar surface area (TPSA) is 137 Å². The van der Waals surface area contributed by atoms with E-state index in [4.69, 9.17) is 16.2 Å². The molecule has 2 aromatic rings. The number of nitrogen functional groups attached to an aromatic ring is 1. The average Bonchev–Trinajstić information content (AvgIpc) is 2.77. The number of aliphatic carboxylic acids is 1. The predicted molar refractivity (Wildman–Crippen MR) is 125 cm³/mol. The molecule has 0 aromatic heterocycles. The van der Waals surface area contributed by atoms with Gasteiger partial charge in [-0.05, 0) is 36.8 Å². The van der Waals surface area contributed by atoms with E-state index in [1.165, 1.54) is 0 Å². The van der Waals surface area contributed by atoms with Gasteiger partial charge in [0.2, 0.25) is 11.8 Å². The first kappa shape index (κ1) is 24.0. The first-order valence-electron chi connectivity index (χ1n) is 11.1. The van der Waals surface area contributed by atoms with Crippen LogP contribution in [0.15, 0.2) is 54.6 Å². The first-order valence-corrected chi connectivity index (χ1v) is 11.1. The summed E-state index contributed by atoms with van der Waals surface area (Å²) in [5.74, 6) is -1.74. The van der Waals surface area contributed by atoms with Crippen LogP contribution in [0.5, 0.6) is 0 Å². The quantitative estimate of drug-likeness (QED) is 0.308. The maximum Gasteiger partial charge on any atom is 0.303 e. The molecule has 33 heavy (non-hydrogen) atoms. The van der Waals surface area contributed by atoms with E-state index in [1.54, 1.807) is 29.2 Å². The van der Waals surface area contributed by atoms with Gasteiger partial charge in [0.15, 0.2) is 0 Å². The maximum atomic E-state index is 13.2. The van der Waals surface area contributed by atoms with Crippen molar-refractivity contribution < 1.29 is 19.5 Å². The summed E-state index contributed by atoms with van der Waals surface area (Å²) in [6.07, 6.45) is 1.99. The van der Waals surface area contributed by atoms with E-state index in [2.05, 4.69) is 5.32 Å². The Kier molecular flexibility index (Phi) is 8.18. The molecule has 0 unspecified atom stereocenters. The molecule has 8 heteroatoms. The molecule has 174 valence electrons. The van der Waals surface area contributed by atoms with Crippen molar-refractivity contribution in [2.24, 2.45) is 11.7 Å². The SMILES string of the molecule is N=C(N)c1ccc(CNC(=O)[C@@H]2CCN2C(=O)[C@H](CCC(=O)O)CCc2ccccc2)cc1. The van der Waals surface area contributed by atoms with E-state index in [0.717, 1.165) is 11.1 Å². The lowest BCUT2D eigenvalue weighted by molar-refractivity contribution is -0.151. The van der Waals surface area contributed by atoms with Gasteiger partial charge in [0.1, 0.15) is 11.9 Å². The zero-order chi connectivity index (χ0) is 23.8. The molecule has 1 fully saturated rings. The second kappa shape index (κ2) is 11.3. The lowest BCUT2D eigenvalue weighted by Crippen LogP contribution is -2.59. The van der Waals surface area contributed by atoms with Gasteiger partial charge >= 0.3 is 5.97 Å². The fourth-order valence-corrected chi connectivity index (χ4v) is 3.94. The molecule has 2 atom stereocenters. The molecule has 0 saturated carbocycles. The van der Waals surface area contributed by atoms with Crippen LogP contribution in [0.2, 0.25) is 0 Å². The normalized spacial score (nSPS) is 15.9. The summed E-state index contributed by atoms with van der Waals surface area (Å²) in [6, 6.07) is 16.3. The number of amidine groups is 1. The third-order valence-electron chi connectivity index (χ3n) is 6.02. The minimum atomic E-state index is -0.929. The Morgan fingerprint density at radius 3 is 2.33 bits per heavy atom.